The van der Waals surface area contributed by atoms with Crippen molar-refractivity contribution in [3.63, 3.8) is 0 Å². The van der Waals surface area contributed by atoms with Crippen molar-refractivity contribution in [1.29, 1.82) is 0 Å². The molecule has 4 aliphatic rings. The minimum Gasteiger partial charge on any atom is -0.487 e. The van der Waals surface area contributed by atoms with E-state index in [1.807, 2.05) is 12.1 Å². The highest BCUT2D eigenvalue weighted by atomic mass is 16.5. The van der Waals surface area contributed by atoms with Gasteiger partial charge in [0.15, 0.2) is 0 Å². The molecule has 8 rings (SSSR count). The average Bonchev–Trinajstić information content (AvgIpc) is 3.61. The second kappa shape index (κ2) is 8.31. The number of nitrogens with zero attached hydrogens (tertiary/aromatic N) is 4. The Morgan fingerprint density at radius 1 is 1.08 bits per heavy atom. The molecule has 1 saturated heterocycles. The molecular formula is C30H28N6O3. The summed E-state index contributed by atoms with van der Waals surface area (Å²) < 4.78 is 8.35. The lowest BCUT2D eigenvalue weighted by atomic mass is 9.97. The first kappa shape index (κ1) is 22.6. The number of ether oxygens (including phenoxy) is 1. The van der Waals surface area contributed by atoms with E-state index in [0.29, 0.717) is 51.8 Å². The zero-order valence-electron chi connectivity index (χ0n) is 21.5. The third-order valence-corrected chi connectivity index (χ3v) is 8.59. The van der Waals surface area contributed by atoms with Crippen LogP contribution < -0.4 is 20.8 Å². The largest absolute Gasteiger partial charge is 0.487 e. The molecular weight excluding hydrogens is 492 g/mol. The minimum absolute atomic E-state index is 0.0307. The minimum atomic E-state index is -0.310. The van der Waals surface area contributed by atoms with E-state index in [9.17, 15) is 9.59 Å². The van der Waals surface area contributed by atoms with E-state index in [1.54, 1.807) is 16.8 Å². The van der Waals surface area contributed by atoms with Crippen LogP contribution >= 0.6 is 0 Å². The molecule has 3 aliphatic heterocycles. The van der Waals surface area contributed by atoms with Crippen molar-refractivity contribution >= 4 is 27.6 Å². The predicted molar refractivity (Wildman–Crippen MR) is 151 cm³/mol. The fraction of sp³-hybridized carbons (Fsp3) is 0.300. The van der Waals surface area contributed by atoms with Crippen molar-refractivity contribution in [2.24, 2.45) is 5.92 Å². The molecule has 2 aromatic heterocycles. The topological polar surface area (TPSA) is 99.3 Å². The lowest BCUT2D eigenvalue weighted by molar-refractivity contribution is 0.195. The third-order valence-electron chi connectivity index (χ3n) is 8.59. The van der Waals surface area contributed by atoms with Crippen molar-refractivity contribution in [1.82, 2.24) is 24.6 Å². The van der Waals surface area contributed by atoms with Gasteiger partial charge in [-0.05, 0) is 19.1 Å². The van der Waals surface area contributed by atoms with Crippen LogP contribution in [0, 0.1) is 5.92 Å². The van der Waals surface area contributed by atoms with Gasteiger partial charge in [-0.3, -0.25) is 24.3 Å². The van der Waals surface area contributed by atoms with Gasteiger partial charge in [-0.1, -0.05) is 42.5 Å². The summed E-state index contributed by atoms with van der Waals surface area (Å²) in [5.41, 5.74) is 3.25. The summed E-state index contributed by atoms with van der Waals surface area (Å²) in [4.78, 5) is 39.3. The number of hydrogen-bond acceptors (Lipinski definition) is 6. The number of para-hydroxylation sites is 1. The van der Waals surface area contributed by atoms with Crippen LogP contribution in [0.15, 0.2) is 76.5 Å². The van der Waals surface area contributed by atoms with Gasteiger partial charge in [0.05, 0.1) is 29.0 Å². The van der Waals surface area contributed by atoms with Crippen molar-refractivity contribution < 1.29 is 4.74 Å². The highest BCUT2D eigenvalue weighted by Gasteiger charge is 2.33. The van der Waals surface area contributed by atoms with E-state index in [-0.39, 0.29) is 29.0 Å². The molecule has 39 heavy (non-hydrogen) atoms. The monoisotopic (exact) mass is 520 g/mol. The summed E-state index contributed by atoms with van der Waals surface area (Å²) in [6.07, 6.45) is 13.7. The Kier molecular flexibility index (Phi) is 4.82. The zero-order valence-corrected chi connectivity index (χ0v) is 21.5. The first-order chi connectivity index (χ1) is 19.0. The van der Waals surface area contributed by atoms with Gasteiger partial charge in [-0.2, -0.15) is 0 Å². The number of aromatic amines is 2. The predicted octanol–water partition coefficient (Wildman–Crippen LogP) is 3.53. The van der Waals surface area contributed by atoms with Gasteiger partial charge in [0, 0.05) is 55.0 Å². The molecule has 196 valence electrons. The Labute approximate surface area is 223 Å². The molecule has 4 unspecified atom stereocenters. The van der Waals surface area contributed by atoms with Crippen LogP contribution in [0.1, 0.15) is 13.3 Å². The van der Waals surface area contributed by atoms with Crippen LogP contribution in [0.3, 0.4) is 0 Å². The molecule has 0 radical (unpaired) electrons. The van der Waals surface area contributed by atoms with E-state index in [4.69, 9.17) is 9.72 Å². The van der Waals surface area contributed by atoms with Crippen molar-refractivity contribution in [3.05, 3.63) is 87.6 Å². The Balaban J connectivity index is 1.36. The first-order valence-electron chi connectivity index (χ1n) is 13.6. The first-order valence-corrected chi connectivity index (χ1v) is 13.6. The van der Waals surface area contributed by atoms with Gasteiger partial charge in [-0.15, -0.1) is 0 Å². The van der Waals surface area contributed by atoms with Crippen molar-refractivity contribution in [3.8, 4) is 17.0 Å². The highest BCUT2D eigenvalue weighted by Crippen LogP contribution is 2.38. The van der Waals surface area contributed by atoms with Gasteiger partial charge in [0.25, 0.3) is 11.1 Å². The molecule has 5 atom stereocenters. The van der Waals surface area contributed by atoms with Crippen LogP contribution in [0.2, 0.25) is 0 Å². The Hall–Kier alpha value is -4.37. The number of aromatic nitrogens is 4. The Morgan fingerprint density at radius 3 is 2.90 bits per heavy atom. The lowest BCUT2D eigenvalue weighted by Crippen LogP contribution is -2.33. The fourth-order valence-electron chi connectivity index (χ4n) is 6.58. The molecule has 5 heterocycles. The van der Waals surface area contributed by atoms with E-state index < -0.39 is 0 Å². The number of allylic oxidation sites excluding steroid dienone is 2. The molecule has 1 fully saturated rings. The van der Waals surface area contributed by atoms with Gasteiger partial charge in [0.2, 0.25) is 0 Å². The van der Waals surface area contributed by atoms with Crippen LogP contribution in [0.25, 0.3) is 33.2 Å². The summed E-state index contributed by atoms with van der Waals surface area (Å²) in [7, 11) is 0. The molecule has 6 bridgehead atoms. The standard InChI is InChI=1S/C30H28N6O3/c1-17-13-20-16-34(17)11-12-36-30(38)22-7-4-6-21(26(22)33-36)27-29(37)31-23-14-19(15-25(39-20)28(23)32-27)35-10-9-18-5-2-3-8-24(18)35/h2-10,14-15,17-18,20,24,33H,11-13,16H2,1H3,(H,31,37)/t17-,18?,20?,24?/m1/s1. The van der Waals surface area contributed by atoms with Crippen LogP contribution in [-0.2, 0) is 6.54 Å². The smallest absolute Gasteiger partial charge is 0.275 e. The van der Waals surface area contributed by atoms with Crippen molar-refractivity contribution in [2.45, 2.75) is 38.1 Å². The molecule has 4 aromatic rings. The maximum Gasteiger partial charge on any atom is 0.275 e. The molecule has 9 heteroatoms. The number of rotatable bonds is 1. The van der Waals surface area contributed by atoms with Crippen LogP contribution in [-0.4, -0.2) is 55.9 Å². The number of benzene rings is 2. The lowest BCUT2D eigenvalue weighted by Gasteiger charge is -2.28. The fourth-order valence-corrected chi connectivity index (χ4v) is 6.58. The number of nitrogens with one attached hydrogen (secondary N) is 2. The molecule has 9 nitrogen and oxygen atoms in total. The van der Waals surface area contributed by atoms with E-state index in [1.165, 1.54) is 0 Å². The number of hydrogen-bond donors (Lipinski definition) is 2. The van der Waals surface area contributed by atoms with E-state index >= 15 is 0 Å². The maximum atomic E-state index is 13.5. The van der Waals surface area contributed by atoms with Gasteiger partial charge in [0.1, 0.15) is 23.1 Å². The average molecular weight is 521 g/mol. The maximum absolute atomic E-state index is 13.5. The summed E-state index contributed by atoms with van der Waals surface area (Å²) in [5.74, 6) is 0.959. The normalized spacial score (nSPS) is 27.0. The van der Waals surface area contributed by atoms with Gasteiger partial charge < -0.3 is 14.6 Å². The summed E-state index contributed by atoms with van der Waals surface area (Å²) in [6.45, 7) is 4.21. The number of anilines is 1. The molecule has 0 spiro atoms. The third kappa shape index (κ3) is 3.46. The SMILES string of the molecule is C[C@@H]1CC2CN1CCn1[nH]c3c(cccc3c1=O)-c1nc3c(cc(N4C=CC5C=CC=CC54)cc3[nH]c1=O)O2. The van der Waals surface area contributed by atoms with Gasteiger partial charge >= 0.3 is 0 Å². The Morgan fingerprint density at radius 2 is 1.97 bits per heavy atom. The molecule has 2 aromatic carbocycles. The van der Waals surface area contributed by atoms with E-state index in [0.717, 1.165) is 25.2 Å². The van der Waals surface area contributed by atoms with Crippen LogP contribution in [0.4, 0.5) is 5.69 Å². The Bertz CT molecular complexity index is 1860. The summed E-state index contributed by atoms with van der Waals surface area (Å²) >= 11 is 0. The number of fused-ring (bicyclic) bond motifs is 6. The quantitative estimate of drug-likeness (QED) is 0.399. The van der Waals surface area contributed by atoms with Crippen molar-refractivity contribution in [2.75, 3.05) is 18.0 Å². The second-order valence-electron chi connectivity index (χ2n) is 11.0. The molecule has 2 N–H and O–H groups in total. The molecule has 0 amide bonds. The summed E-state index contributed by atoms with van der Waals surface area (Å²) in [6, 6.07) is 9.95. The second-order valence-corrected chi connectivity index (χ2v) is 11.0. The van der Waals surface area contributed by atoms with Gasteiger partial charge in [-0.25, -0.2) is 4.98 Å². The zero-order chi connectivity index (χ0) is 26.2. The summed E-state index contributed by atoms with van der Waals surface area (Å²) in [5, 5.41) is 3.82. The number of H-pyrrole nitrogens is 2. The molecule has 1 aliphatic carbocycles. The molecule has 0 saturated carbocycles. The van der Waals surface area contributed by atoms with E-state index in [2.05, 4.69) is 69.5 Å². The van der Waals surface area contributed by atoms with Crippen LogP contribution in [0.5, 0.6) is 5.75 Å². The highest BCUT2D eigenvalue weighted by molar-refractivity contribution is 5.94.